The van der Waals surface area contributed by atoms with Gasteiger partial charge in [-0.1, -0.05) is 48.5 Å². The molecule has 3 aliphatic rings. The topological polar surface area (TPSA) is 0 Å². The van der Waals surface area contributed by atoms with Crippen molar-refractivity contribution in [2.75, 3.05) is 0 Å². The largest absolute Gasteiger partial charge is 0.0797 e. The van der Waals surface area contributed by atoms with E-state index in [4.69, 9.17) is 0 Å². The Morgan fingerprint density at radius 2 is 1.34 bits per heavy atom. The molecule has 5 rings (SSSR count). The van der Waals surface area contributed by atoms with Crippen LogP contribution in [0.5, 0.6) is 0 Å². The lowest BCUT2D eigenvalue weighted by molar-refractivity contribution is 1.54. The van der Waals surface area contributed by atoms with Crippen LogP contribution >= 0.6 is 0 Å². The smallest absolute Gasteiger partial charge is 0.0622 e. The van der Waals surface area contributed by atoms with Gasteiger partial charge < -0.3 is 0 Å². The van der Waals surface area contributed by atoms with E-state index in [0.29, 0.717) is 0 Å². The van der Waals surface area contributed by atoms with Gasteiger partial charge in [-0.25, -0.2) is 0 Å². The highest BCUT2D eigenvalue weighted by molar-refractivity contribution is 6.11. The van der Waals surface area contributed by atoms with E-state index in [1.54, 1.807) is 0 Å². The van der Waals surface area contributed by atoms with E-state index in [0.717, 1.165) is 0 Å². The molecule has 29 heavy (non-hydrogen) atoms. The Labute approximate surface area is 172 Å². The van der Waals surface area contributed by atoms with Gasteiger partial charge in [-0.3, -0.25) is 0 Å². The first-order chi connectivity index (χ1) is 14.2. The molecule has 0 aliphatic heterocycles. The number of hydrogen-bond donors (Lipinski definition) is 0. The van der Waals surface area contributed by atoms with Gasteiger partial charge in [0, 0.05) is 28.8 Å². The van der Waals surface area contributed by atoms with Crippen molar-refractivity contribution in [1.29, 1.82) is 0 Å². The van der Waals surface area contributed by atoms with Crippen LogP contribution in [0.1, 0.15) is 34.7 Å². The zero-order valence-corrected chi connectivity index (χ0v) is 16.8. The highest BCUT2D eigenvalue weighted by Crippen LogP contribution is 2.45. The Hall–Kier alpha value is -3.51. The van der Waals surface area contributed by atoms with Gasteiger partial charge in [-0.2, -0.15) is 0 Å². The third-order valence-electron chi connectivity index (χ3n) is 5.83. The molecular formula is C29H23+. The standard InChI is InChI=1S/C29H23/c1-20-18-27(25-16-10-4-8-14-23(20)25)29(22-12-6-3-7-13-22)28-19-21(2)24-15-9-5-11-17-26(24)28/h3-19H,1-2H3/q+1/b29-27+. The number of allylic oxidation sites excluding steroid dienone is 3. The molecule has 0 atom stereocenters. The summed E-state index contributed by atoms with van der Waals surface area (Å²) >= 11 is 0. The van der Waals surface area contributed by atoms with Crippen LogP contribution in [0.25, 0.3) is 27.8 Å². The van der Waals surface area contributed by atoms with Gasteiger partial charge in [-0.15, -0.1) is 0 Å². The highest BCUT2D eigenvalue weighted by atomic mass is 14.3. The average molecular weight is 372 g/mol. The van der Waals surface area contributed by atoms with Crippen molar-refractivity contribution in [1.82, 2.24) is 0 Å². The molecule has 3 aliphatic carbocycles. The summed E-state index contributed by atoms with van der Waals surface area (Å²) in [4.78, 5) is 0. The van der Waals surface area contributed by atoms with E-state index in [1.165, 1.54) is 55.7 Å². The Balaban J connectivity index is 1.90. The van der Waals surface area contributed by atoms with E-state index < -0.39 is 0 Å². The Morgan fingerprint density at radius 3 is 2.14 bits per heavy atom. The summed E-state index contributed by atoms with van der Waals surface area (Å²) < 4.78 is 0. The normalized spacial score (nSPS) is 14.5. The minimum Gasteiger partial charge on any atom is -0.0622 e. The summed E-state index contributed by atoms with van der Waals surface area (Å²) in [5.74, 6) is 0. The molecular weight excluding hydrogens is 348 g/mol. The van der Waals surface area contributed by atoms with Crippen LogP contribution in [0.2, 0.25) is 0 Å². The van der Waals surface area contributed by atoms with E-state index in [-0.39, 0.29) is 0 Å². The third kappa shape index (κ3) is 2.98. The fourth-order valence-corrected chi connectivity index (χ4v) is 4.47. The molecule has 0 N–H and O–H groups in total. The van der Waals surface area contributed by atoms with Crippen LogP contribution in [0.15, 0.2) is 103 Å². The van der Waals surface area contributed by atoms with Crippen molar-refractivity contribution in [3.05, 3.63) is 131 Å². The molecule has 0 heterocycles. The van der Waals surface area contributed by atoms with Crippen molar-refractivity contribution in [2.45, 2.75) is 13.8 Å². The molecule has 0 aromatic heterocycles. The molecule has 0 nitrogen and oxygen atoms in total. The van der Waals surface area contributed by atoms with Gasteiger partial charge in [0.05, 0.1) is 22.3 Å². The van der Waals surface area contributed by atoms with Gasteiger partial charge in [0.15, 0.2) is 0 Å². The maximum absolute atomic E-state index is 2.35. The first-order valence-corrected chi connectivity index (χ1v) is 10.1. The minimum atomic E-state index is 1.25. The number of benzene rings is 1. The molecule has 2 aromatic carbocycles. The Morgan fingerprint density at radius 1 is 0.690 bits per heavy atom. The van der Waals surface area contributed by atoms with Crippen LogP contribution in [0.4, 0.5) is 0 Å². The van der Waals surface area contributed by atoms with E-state index in [9.17, 15) is 0 Å². The summed E-state index contributed by atoms with van der Waals surface area (Å²) in [6.45, 7) is 4.42. The minimum absolute atomic E-state index is 1.25. The molecule has 0 saturated carbocycles. The van der Waals surface area contributed by atoms with Gasteiger partial charge in [-0.05, 0) is 73.0 Å². The number of aryl methyl sites for hydroxylation is 1. The predicted molar refractivity (Wildman–Crippen MR) is 125 cm³/mol. The van der Waals surface area contributed by atoms with Gasteiger partial charge >= 0.3 is 0 Å². The Bertz CT molecular complexity index is 1250. The molecule has 0 unspecified atom stereocenters. The van der Waals surface area contributed by atoms with Crippen LogP contribution in [0, 0.1) is 6.92 Å². The Kier molecular flexibility index (Phi) is 4.33. The van der Waals surface area contributed by atoms with Crippen molar-refractivity contribution >= 4 is 16.7 Å². The number of hydrogen-bond acceptors (Lipinski definition) is 0. The van der Waals surface area contributed by atoms with Crippen molar-refractivity contribution in [3.63, 3.8) is 0 Å². The first-order valence-electron chi connectivity index (χ1n) is 10.1. The third-order valence-corrected chi connectivity index (χ3v) is 5.83. The first kappa shape index (κ1) is 17.6. The maximum Gasteiger partial charge on any atom is 0.0797 e. The zero-order valence-electron chi connectivity index (χ0n) is 16.8. The molecule has 0 amide bonds. The second-order valence-corrected chi connectivity index (χ2v) is 7.70. The number of rotatable bonds is 2. The zero-order chi connectivity index (χ0) is 19.8. The predicted octanol–water partition coefficient (Wildman–Crippen LogP) is 7.76. The molecule has 0 spiro atoms. The molecule has 0 bridgehead atoms. The van der Waals surface area contributed by atoms with Gasteiger partial charge in [0.2, 0.25) is 0 Å². The lowest BCUT2D eigenvalue weighted by atomic mass is 9.89. The van der Waals surface area contributed by atoms with Crippen LogP contribution in [0.3, 0.4) is 0 Å². The molecule has 2 aromatic rings. The second kappa shape index (κ2) is 7.14. The van der Waals surface area contributed by atoms with Crippen LogP contribution in [-0.4, -0.2) is 0 Å². The maximum atomic E-state index is 2.35. The summed E-state index contributed by atoms with van der Waals surface area (Å²) in [6.07, 6.45) is 2.35. The number of fused-ring (bicyclic) bond motifs is 2. The van der Waals surface area contributed by atoms with Crippen molar-refractivity contribution in [3.8, 4) is 11.1 Å². The molecule has 0 radical (unpaired) electrons. The molecule has 0 saturated heterocycles. The van der Waals surface area contributed by atoms with E-state index in [1.807, 2.05) is 0 Å². The monoisotopic (exact) mass is 371 g/mol. The summed E-state index contributed by atoms with van der Waals surface area (Å²) in [5.41, 5.74) is 13.0. The fraction of sp³-hybridized carbons (Fsp3) is 0.0690. The van der Waals surface area contributed by atoms with Crippen LogP contribution in [-0.2, 0) is 0 Å². The van der Waals surface area contributed by atoms with Crippen molar-refractivity contribution < 1.29 is 0 Å². The molecule has 138 valence electrons. The summed E-state index contributed by atoms with van der Waals surface area (Å²) in [5, 5.41) is 0. The van der Waals surface area contributed by atoms with Gasteiger partial charge in [0.25, 0.3) is 0 Å². The quantitative estimate of drug-likeness (QED) is 0.316. The van der Waals surface area contributed by atoms with Crippen molar-refractivity contribution in [2.24, 2.45) is 0 Å². The highest BCUT2D eigenvalue weighted by Gasteiger charge is 2.28. The fourth-order valence-electron chi connectivity index (χ4n) is 4.47. The molecule has 0 heteroatoms. The van der Waals surface area contributed by atoms with Crippen LogP contribution < -0.4 is 0 Å². The second-order valence-electron chi connectivity index (χ2n) is 7.70. The summed E-state index contributed by atoms with van der Waals surface area (Å²) in [6, 6.07) is 34.9. The van der Waals surface area contributed by atoms with E-state index in [2.05, 4.69) is 117 Å². The lowest BCUT2D eigenvalue weighted by Gasteiger charge is -2.09. The SMILES string of the molecule is CC1=C/C(=C(/c2ccccc2)c2cc(C)c3cccccc2-3)[c+]2cccccc21. The lowest BCUT2D eigenvalue weighted by Crippen LogP contribution is -1.92. The average Bonchev–Trinajstić information content (AvgIpc) is 3.02. The van der Waals surface area contributed by atoms with E-state index >= 15 is 0 Å². The van der Waals surface area contributed by atoms with Gasteiger partial charge in [0.1, 0.15) is 0 Å². The molecule has 0 fully saturated rings. The summed E-state index contributed by atoms with van der Waals surface area (Å²) in [7, 11) is 0.